The van der Waals surface area contributed by atoms with Crippen LogP contribution in [0.1, 0.15) is 0 Å². The summed E-state index contributed by atoms with van der Waals surface area (Å²) in [5, 5.41) is 30.8. The van der Waals surface area contributed by atoms with Gasteiger partial charge in [-0.3, -0.25) is 30.3 Å². The van der Waals surface area contributed by atoms with Crippen molar-refractivity contribution in [3.63, 3.8) is 0 Å². The Bertz CT molecular complexity index is 1520. The summed E-state index contributed by atoms with van der Waals surface area (Å²) in [4.78, 5) is 25.7. The van der Waals surface area contributed by atoms with Crippen molar-refractivity contribution in [3.8, 4) is 0 Å². The predicted molar refractivity (Wildman–Crippen MR) is 123 cm³/mol. The van der Waals surface area contributed by atoms with Gasteiger partial charge >= 0.3 is 35.6 Å². The fourth-order valence-corrected chi connectivity index (χ4v) is 4.39. The van der Waals surface area contributed by atoms with Crippen molar-refractivity contribution in [1.82, 2.24) is 0 Å². The topological polar surface area (TPSA) is 301 Å². The van der Waals surface area contributed by atoms with Crippen LogP contribution < -0.4 is 0 Å². The monoisotopic (exact) mass is 745 g/mol. The maximum Gasteiger partial charge on any atom is 3.00 e. The Labute approximate surface area is 253 Å². The summed E-state index contributed by atoms with van der Waals surface area (Å²) in [5.41, 5.74) is -2.09. The number of nitrogens with zero attached hydrogens (tertiary/aromatic N) is 3. The van der Waals surface area contributed by atoms with Gasteiger partial charge in [0.25, 0.3) is 17.1 Å². The first kappa shape index (κ1) is 36.8. The van der Waals surface area contributed by atoms with Crippen LogP contribution in [0.4, 0.5) is 17.1 Å². The molecule has 0 radical (unpaired) electrons. The minimum atomic E-state index is -4.77. The summed E-state index contributed by atoms with van der Waals surface area (Å²) in [7, 11) is -14.3. The summed E-state index contributed by atoms with van der Waals surface area (Å²) in [6.45, 7) is 0. The molecular formula is C18H12LaN3O15S3. The molecule has 0 unspecified atom stereocenters. The number of hydrogen-bond acceptors (Lipinski definition) is 15. The summed E-state index contributed by atoms with van der Waals surface area (Å²) >= 11 is 0. The molecule has 0 aromatic heterocycles. The van der Waals surface area contributed by atoms with Crippen LogP contribution in [-0.2, 0) is 30.4 Å². The molecule has 0 fully saturated rings. The predicted octanol–water partition coefficient (Wildman–Crippen LogP) is 1.50. The third-order valence-electron chi connectivity index (χ3n) is 3.99. The molecule has 0 amide bonds. The first-order valence-corrected chi connectivity index (χ1v) is 13.6. The normalized spacial score (nSPS) is 10.9. The van der Waals surface area contributed by atoms with Crippen molar-refractivity contribution in [2.24, 2.45) is 0 Å². The Morgan fingerprint density at radius 2 is 0.600 bits per heavy atom. The third kappa shape index (κ3) is 11.1. The molecule has 40 heavy (non-hydrogen) atoms. The number of benzene rings is 3. The molecule has 0 N–H and O–H groups in total. The van der Waals surface area contributed by atoms with Gasteiger partial charge in [-0.05, 0) is 18.2 Å². The number of hydrogen-bond donors (Lipinski definition) is 0. The molecule has 22 heteroatoms. The van der Waals surface area contributed by atoms with Gasteiger partial charge in [0.1, 0.15) is 45.0 Å². The standard InChI is InChI=1S/3C6H5NO5S.La/c3*8-7(9)5-3-1-2-4-6(5)13(10,11)12;/h3*1-4H,(H,10,11,12);/q;;;+3/p-3. The van der Waals surface area contributed by atoms with Crippen LogP contribution in [0.3, 0.4) is 0 Å². The minimum Gasteiger partial charge on any atom is -0.744 e. The molecule has 0 saturated carbocycles. The van der Waals surface area contributed by atoms with Crippen LogP contribution in [0.2, 0.25) is 0 Å². The van der Waals surface area contributed by atoms with E-state index >= 15 is 0 Å². The fourth-order valence-electron chi connectivity index (χ4n) is 2.46. The van der Waals surface area contributed by atoms with Gasteiger partial charge in [-0.15, -0.1) is 0 Å². The van der Waals surface area contributed by atoms with E-state index in [1.165, 1.54) is 36.4 Å². The van der Waals surface area contributed by atoms with Crippen molar-refractivity contribution < 1.29 is 89.3 Å². The van der Waals surface area contributed by atoms with Gasteiger partial charge < -0.3 is 13.7 Å². The van der Waals surface area contributed by atoms with Crippen molar-refractivity contribution in [2.75, 3.05) is 0 Å². The first-order chi connectivity index (χ1) is 17.8. The van der Waals surface area contributed by atoms with Gasteiger partial charge in [0, 0.05) is 18.2 Å². The Morgan fingerprint density at radius 3 is 0.725 bits per heavy atom. The molecule has 0 atom stereocenters. The van der Waals surface area contributed by atoms with Crippen LogP contribution in [0.5, 0.6) is 0 Å². The zero-order chi connectivity index (χ0) is 30.2. The van der Waals surface area contributed by atoms with Crippen LogP contribution >= 0.6 is 0 Å². The number of rotatable bonds is 6. The van der Waals surface area contributed by atoms with E-state index in [1.54, 1.807) is 0 Å². The SMILES string of the molecule is O=[N+]([O-])c1ccccc1S(=O)(=O)[O-].O=[N+]([O-])c1ccccc1S(=O)(=O)[O-].O=[N+]([O-])c1ccccc1S(=O)(=O)[O-].[La+3]. The molecular weight excluding hydrogens is 733 g/mol. The van der Waals surface area contributed by atoms with E-state index < -0.39 is 76.9 Å². The second kappa shape index (κ2) is 15.0. The number of para-hydroxylation sites is 3. The molecule has 3 aromatic rings. The molecule has 0 spiro atoms. The Morgan fingerprint density at radius 1 is 0.425 bits per heavy atom. The minimum absolute atomic E-state index is 0. The van der Waals surface area contributed by atoms with E-state index in [9.17, 15) is 69.3 Å². The van der Waals surface area contributed by atoms with Crippen LogP contribution in [-0.4, -0.2) is 53.7 Å². The van der Waals surface area contributed by atoms with Crippen LogP contribution in [0, 0.1) is 65.9 Å². The molecule has 0 bridgehead atoms. The Hall–Kier alpha value is -3.22. The molecule has 0 aliphatic rings. The summed E-state index contributed by atoms with van der Waals surface area (Å²) in [6.07, 6.45) is 0. The molecule has 0 saturated heterocycles. The van der Waals surface area contributed by atoms with Gasteiger partial charge in [-0.2, -0.15) is 0 Å². The fraction of sp³-hybridized carbons (Fsp3) is 0. The van der Waals surface area contributed by atoms with E-state index in [1.807, 2.05) is 0 Å². The molecule has 3 aromatic carbocycles. The second-order valence-corrected chi connectivity index (χ2v) is 10.6. The summed E-state index contributed by atoms with van der Waals surface area (Å²) in [6, 6.07) is 13.2. The van der Waals surface area contributed by atoms with Crippen LogP contribution in [0.25, 0.3) is 0 Å². The van der Waals surface area contributed by atoms with E-state index in [-0.39, 0.29) is 35.6 Å². The molecule has 210 valence electrons. The Balaban J connectivity index is 0.000000563. The van der Waals surface area contributed by atoms with Crippen molar-refractivity contribution in [2.45, 2.75) is 14.7 Å². The van der Waals surface area contributed by atoms with Crippen molar-refractivity contribution in [1.29, 1.82) is 0 Å². The van der Waals surface area contributed by atoms with E-state index in [4.69, 9.17) is 0 Å². The quantitative estimate of drug-likeness (QED) is 0.196. The number of nitro groups is 3. The third-order valence-corrected chi connectivity index (χ3v) is 6.65. The van der Waals surface area contributed by atoms with Gasteiger partial charge in [-0.25, -0.2) is 25.3 Å². The van der Waals surface area contributed by atoms with E-state index in [0.717, 1.165) is 36.4 Å². The van der Waals surface area contributed by atoms with Crippen molar-refractivity contribution >= 4 is 47.4 Å². The smallest absolute Gasteiger partial charge is 0.744 e. The Kier molecular flexibility index (Phi) is 13.8. The van der Waals surface area contributed by atoms with Crippen molar-refractivity contribution in [3.05, 3.63) is 103 Å². The average molecular weight is 745 g/mol. The van der Waals surface area contributed by atoms with E-state index in [2.05, 4.69) is 0 Å². The van der Waals surface area contributed by atoms with Gasteiger partial charge in [-0.1, -0.05) is 36.4 Å². The maximum atomic E-state index is 10.5. The van der Waals surface area contributed by atoms with Gasteiger partial charge in [0.2, 0.25) is 0 Å². The molecule has 0 heterocycles. The van der Waals surface area contributed by atoms with E-state index in [0.29, 0.717) is 0 Å². The second-order valence-electron chi connectivity index (χ2n) is 6.54. The molecule has 0 aliphatic carbocycles. The summed E-state index contributed by atoms with van der Waals surface area (Å²) < 4.78 is 94.5. The molecule has 3 rings (SSSR count). The first-order valence-electron chi connectivity index (χ1n) is 9.36. The molecule has 0 aliphatic heterocycles. The summed E-state index contributed by atoms with van der Waals surface area (Å²) in [5.74, 6) is 0. The van der Waals surface area contributed by atoms with Gasteiger partial charge in [0.15, 0.2) is 0 Å². The van der Waals surface area contributed by atoms with Gasteiger partial charge in [0.05, 0.1) is 14.8 Å². The molecule has 18 nitrogen and oxygen atoms in total. The number of nitro benzene ring substituents is 3. The maximum absolute atomic E-state index is 10.5. The zero-order valence-electron chi connectivity index (χ0n) is 19.2. The largest absolute Gasteiger partial charge is 3.00 e. The average Bonchev–Trinajstić information content (AvgIpc) is 2.83. The van der Waals surface area contributed by atoms with Crippen LogP contribution in [0.15, 0.2) is 87.5 Å². The zero-order valence-corrected chi connectivity index (χ0v) is 25.3.